The number of hydrogen-bond donors (Lipinski definition) is 2. The van der Waals surface area contributed by atoms with E-state index in [0.29, 0.717) is 6.61 Å². The van der Waals surface area contributed by atoms with Crippen LogP contribution < -0.4 is 15.0 Å². The molecule has 3 nitrogen and oxygen atoms in total. The normalized spacial score (nSPS) is 11.0. The minimum absolute atomic E-state index is 0.714. The molecule has 124 valence electrons. The Balaban J connectivity index is 1.88. The Morgan fingerprint density at radius 1 is 1.04 bits per heavy atom. The van der Waals surface area contributed by atoms with Gasteiger partial charge in [0.25, 0.3) is 0 Å². The van der Waals surface area contributed by atoms with Gasteiger partial charge in [0.15, 0.2) is 0 Å². The zero-order valence-electron chi connectivity index (χ0n) is 14.0. The topological polar surface area (TPSA) is 30.3 Å². The first kappa shape index (κ1) is 17.8. The van der Waals surface area contributed by atoms with Crippen molar-refractivity contribution in [3.8, 4) is 5.75 Å². The van der Waals surface area contributed by atoms with Crippen LogP contribution in [0.4, 0.5) is 0 Å². The number of nitrogens with two attached hydrogens (primary N) is 1. The van der Waals surface area contributed by atoms with E-state index in [1.165, 1.54) is 17.0 Å². The number of rotatable bonds is 9. The molecule has 0 radical (unpaired) electrons. The first-order valence-electron chi connectivity index (χ1n) is 8.21. The largest absolute Gasteiger partial charge is 0.487 e. The molecule has 0 spiro atoms. The van der Waals surface area contributed by atoms with Gasteiger partial charge >= 0.3 is 0 Å². The van der Waals surface area contributed by atoms with Gasteiger partial charge in [0.1, 0.15) is 32.0 Å². The molecule has 0 saturated heterocycles. The van der Waals surface area contributed by atoms with Crippen LogP contribution in [0.15, 0.2) is 48.5 Å². The third-order valence-electron chi connectivity index (χ3n) is 3.69. The van der Waals surface area contributed by atoms with E-state index in [1.807, 2.05) is 24.3 Å². The van der Waals surface area contributed by atoms with Crippen molar-refractivity contribution in [2.75, 3.05) is 40.3 Å². The fourth-order valence-corrected chi connectivity index (χ4v) is 2.62. The zero-order valence-corrected chi connectivity index (χ0v) is 14.8. The van der Waals surface area contributed by atoms with Crippen molar-refractivity contribution in [2.24, 2.45) is 0 Å². The van der Waals surface area contributed by atoms with Crippen molar-refractivity contribution < 1.29 is 15.0 Å². The second-order valence-electron chi connectivity index (χ2n) is 6.09. The summed E-state index contributed by atoms with van der Waals surface area (Å²) in [5.74, 6) is 0.935. The average molecular weight is 335 g/mol. The van der Waals surface area contributed by atoms with Crippen LogP contribution in [-0.2, 0) is 6.42 Å². The maximum Gasteiger partial charge on any atom is 0.137 e. The Morgan fingerprint density at radius 3 is 2.57 bits per heavy atom. The van der Waals surface area contributed by atoms with Crippen molar-refractivity contribution in [2.45, 2.75) is 6.42 Å². The van der Waals surface area contributed by atoms with Crippen molar-refractivity contribution in [3.63, 3.8) is 0 Å². The Kier molecular flexibility index (Phi) is 7.40. The Hall–Kier alpha value is -1.55. The van der Waals surface area contributed by atoms with Crippen LogP contribution in [0.1, 0.15) is 11.1 Å². The second-order valence-corrected chi connectivity index (χ2v) is 6.52. The maximum absolute atomic E-state index is 6.15. The molecule has 0 fully saturated rings. The van der Waals surface area contributed by atoms with Crippen molar-refractivity contribution in [1.29, 1.82) is 0 Å². The third kappa shape index (κ3) is 6.61. The van der Waals surface area contributed by atoms with Gasteiger partial charge in [-0.15, -0.1) is 0 Å². The highest BCUT2D eigenvalue weighted by molar-refractivity contribution is 6.30. The monoisotopic (exact) mass is 334 g/mol. The van der Waals surface area contributed by atoms with Gasteiger partial charge in [-0.1, -0.05) is 41.9 Å². The van der Waals surface area contributed by atoms with Crippen LogP contribution in [0, 0.1) is 0 Å². The van der Waals surface area contributed by atoms with E-state index in [0.717, 1.165) is 35.8 Å². The fraction of sp³-hybridized carbons (Fsp3) is 0.368. The summed E-state index contributed by atoms with van der Waals surface area (Å²) >= 11 is 6.15. The predicted octanol–water partition coefficient (Wildman–Crippen LogP) is 1.02. The Labute approximate surface area is 144 Å². The molecule has 2 aromatic rings. The van der Waals surface area contributed by atoms with Gasteiger partial charge in [0, 0.05) is 11.4 Å². The summed E-state index contributed by atoms with van der Waals surface area (Å²) in [5, 5.41) is 3.06. The van der Waals surface area contributed by atoms with E-state index in [-0.39, 0.29) is 0 Å². The van der Waals surface area contributed by atoms with Crippen molar-refractivity contribution in [1.82, 2.24) is 0 Å². The maximum atomic E-state index is 6.15. The van der Waals surface area contributed by atoms with Gasteiger partial charge in [0.2, 0.25) is 0 Å². The van der Waals surface area contributed by atoms with Crippen molar-refractivity contribution >= 4 is 11.6 Å². The van der Waals surface area contributed by atoms with Gasteiger partial charge in [0.05, 0.1) is 14.1 Å². The van der Waals surface area contributed by atoms with E-state index < -0.39 is 0 Å². The van der Waals surface area contributed by atoms with Crippen LogP contribution in [-0.4, -0.2) is 40.3 Å². The summed E-state index contributed by atoms with van der Waals surface area (Å²) in [4.78, 5) is 1.48. The first-order valence-corrected chi connectivity index (χ1v) is 8.59. The quantitative estimate of drug-likeness (QED) is 0.659. The molecule has 0 atom stereocenters. The third-order valence-corrected chi connectivity index (χ3v) is 3.92. The molecule has 2 aromatic carbocycles. The highest BCUT2D eigenvalue weighted by Crippen LogP contribution is 2.25. The van der Waals surface area contributed by atoms with Gasteiger partial charge < -0.3 is 15.0 Å². The standard InChI is InChI=1S/C19H25ClN2O/c1-22(2)12-10-21-11-13-23-19-9-8-18(20)15-17(19)14-16-6-4-3-5-7-16/h3-9,15,21H,10-14H2,1-2H3/p+2. The number of benzene rings is 2. The molecule has 0 saturated carbocycles. The van der Waals surface area contributed by atoms with Gasteiger partial charge in [-0.2, -0.15) is 0 Å². The van der Waals surface area contributed by atoms with Crippen LogP contribution in [0.2, 0.25) is 5.02 Å². The molecular formula is C19H27ClN2O+2. The highest BCUT2D eigenvalue weighted by atomic mass is 35.5. The highest BCUT2D eigenvalue weighted by Gasteiger charge is 2.07. The lowest BCUT2D eigenvalue weighted by atomic mass is 10.0. The lowest BCUT2D eigenvalue weighted by Crippen LogP contribution is -3.09. The summed E-state index contributed by atoms with van der Waals surface area (Å²) in [5.41, 5.74) is 2.40. The molecule has 3 N–H and O–H groups in total. The number of likely N-dealkylation sites (N-methyl/N-ethyl adjacent to an activating group) is 1. The van der Waals surface area contributed by atoms with Crippen molar-refractivity contribution in [3.05, 3.63) is 64.7 Å². The number of ether oxygens (including phenoxy) is 1. The molecule has 0 heterocycles. The minimum Gasteiger partial charge on any atom is -0.487 e. The molecule has 0 bridgehead atoms. The lowest BCUT2D eigenvalue weighted by Gasteiger charge is -2.12. The van der Waals surface area contributed by atoms with Gasteiger partial charge in [-0.05, 0) is 29.3 Å². The van der Waals surface area contributed by atoms with E-state index in [9.17, 15) is 0 Å². The van der Waals surface area contributed by atoms with Crippen LogP contribution in [0.3, 0.4) is 0 Å². The molecule has 0 unspecified atom stereocenters. The molecule has 0 aromatic heterocycles. The molecule has 23 heavy (non-hydrogen) atoms. The van der Waals surface area contributed by atoms with Crippen LogP contribution >= 0.6 is 11.6 Å². The summed E-state index contributed by atoms with van der Waals surface area (Å²) in [6.07, 6.45) is 0.838. The summed E-state index contributed by atoms with van der Waals surface area (Å²) in [6.45, 7) is 3.98. The van der Waals surface area contributed by atoms with Gasteiger partial charge in [-0.25, -0.2) is 0 Å². The predicted molar refractivity (Wildman–Crippen MR) is 95.5 cm³/mol. The number of nitrogens with one attached hydrogen (secondary N) is 1. The SMILES string of the molecule is C[NH+](C)CC[NH2+]CCOc1ccc(Cl)cc1Cc1ccccc1. The molecule has 4 heteroatoms. The first-order chi connectivity index (χ1) is 11.1. The Bertz CT molecular complexity index is 587. The van der Waals surface area contributed by atoms with Crippen LogP contribution in [0.5, 0.6) is 5.75 Å². The Morgan fingerprint density at radius 2 is 1.83 bits per heavy atom. The second kappa shape index (κ2) is 9.56. The minimum atomic E-state index is 0.714. The van der Waals surface area contributed by atoms with Gasteiger partial charge in [-0.3, -0.25) is 0 Å². The van der Waals surface area contributed by atoms with E-state index in [2.05, 4.69) is 43.7 Å². The summed E-state index contributed by atoms with van der Waals surface area (Å²) in [6, 6.07) is 16.3. The number of quaternary nitrogens is 2. The molecule has 2 rings (SSSR count). The molecule has 0 aliphatic carbocycles. The fourth-order valence-electron chi connectivity index (χ4n) is 2.43. The van der Waals surface area contributed by atoms with E-state index in [1.54, 1.807) is 0 Å². The summed E-state index contributed by atoms with van der Waals surface area (Å²) < 4.78 is 5.97. The number of halogens is 1. The molecular weight excluding hydrogens is 308 g/mol. The lowest BCUT2D eigenvalue weighted by molar-refractivity contribution is -0.874. The molecule has 0 aliphatic heterocycles. The number of hydrogen-bond acceptors (Lipinski definition) is 1. The molecule has 0 amide bonds. The van der Waals surface area contributed by atoms with E-state index >= 15 is 0 Å². The molecule has 0 aliphatic rings. The average Bonchev–Trinajstić information content (AvgIpc) is 2.53. The van der Waals surface area contributed by atoms with Crippen LogP contribution in [0.25, 0.3) is 0 Å². The summed E-state index contributed by atoms with van der Waals surface area (Å²) in [7, 11) is 4.35. The van der Waals surface area contributed by atoms with E-state index in [4.69, 9.17) is 16.3 Å². The zero-order chi connectivity index (χ0) is 16.5. The smallest absolute Gasteiger partial charge is 0.137 e.